The SMILES string of the molecule is CC.CC.CC/C=C\N=C(C)CCCCCCCCO.CCC. The predicted molar refractivity (Wildman–Crippen MR) is 111 cm³/mol. The van der Waals surface area contributed by atoms with Crippen molar-refractivity contribution >= 4 is 5.71 Å². The second-order valence-corrected chi connectivity index (χ2v) is 4.96. The smallest absolute Gasteiger partial charge is 0.0431 e. The molecule has 0 aliphatic heterocycles. The van der Waals surface area contributed by atoms with Crippen LogP contribution in [0.5, 0.6) is 0 Å². The zero-order valence-corrected chi connectivity index (χ0v) is 17.6. The molecule has 0 saturated carbocycles. The van der Waals surface area contributed by atoms with Gasteiger partial charge in [-0.05, 0) is 32.6 Å². The van der Waals surface area contributed by atoms with Gasteiger partial charge in [-0.3, -0.25) is 4.99 Å². The summed E-state index contributed by atoms with van der Waals surface area (Å²) in [5.74, 6) is 0. The van der Waals surface area contributed by atoms with Crippen LogP contribution < -0.4 is 0 Å². The number of hydrogen-bond acceptors (Lipinski definition) is 2. The van der Waals surface area contributed by atoms with Crippen LogP contribution in [0.2, 0.25) is 0 Å². The number of unbranched alkanes of at least 4 members (excludes halogenated alkanes) is 5. The lowest BCUT2D eigenvalue weighted by Crippen LogP contribution is -1.90. The number of hydrogen-bond donors (Lipinski definition) is 1. The molecular formula is C21H47NO. The maximum Gasteiger partial charge on any atom is 0.0431 e. The van der Waals surface area contributed by atoms with Crippen molar-refractivity contribution in [3.63, 3.8) is 0 Å². The lowest BCUT2D eigenvalue weighted by Gasteiger charge is -2.00. The summed E-state index contributed by atoms with van der Waals surface area (Å²) >= 11 is 0. The van der Waals surface area contributed by atoms with Crippen molar-refractivity contribution in [3.8, 4) is 0 Å². The molecule has 142 valence electrons. The zero-order valence-electron chi connectivity index (χ0n) is 17.6. The molecule has 1 N–H and O–H groups in total. The van der Waals surface area contributed by atoms with Crippen LogP contribution in [0.4, 0.5) is 0 Å². The Kier molecular flexibility index (Phi) is 49.4. The number of aliphatic hydroxyl groups is 1. The predicted octanol–water partition coefficient (Wildman–Crippen LogP) is 7.56. The highest BCUT2D eigenvalue weighted by atomic mass is 16.2. The topological polar surface area (TPSA) is 32.6 Å². The van der Waals surface area contributed by atoms with Gasteiger partial charge >= 0.3 is 0 Å². The number of aliphatic imine (C=N–C) groups is 1. The molecule has 0 rings (SSSR count). The molecule has 23 heavy (non-hydrogen) atoms. The molecule has 0 bridgehead atoms. The van der Waals surface area contributed by atoms with Gasteiger partial charge in [0.05, 0.1) is 0 Å². The van der Waals surface area contributed by atoms with Crippen molar-refractivity contribution in [1.29, 1.82) is 0 Å². The molecule has 0 spiro atoms. The van der Waals surface area contributed by atoms with Gasteiger partial charge in [0, 0.05) is 18.5 Å². The van der Waals surface area contributed by atoms with Crippen molar-refractivity contribution in [2.24, 2.45) is 4.99 Å². The fourth-order valence-electron chi connectivity index (χ4n) is 1.55. The van der Waals surface area contributed by atoms with Gasteiger partial charge in [-0.1, -0.05) is 86.6 Å². The van der Waals surface area contributed by atoms with Crippen LogP contribution >= 0.6 is 0 Å². The van der Waals surface area contributed by atoms with Crippen LogP contribution in [0.3, 0.4) is 0 Å². The Labute approximate surface area is 148 Å². The zero-order chi connectivity index (χ0) is 18.8. The third kappa shape index (κ3) is 44.9. The quantitative estimate of drug-likeness (QED) is 0.325. The van der Waals surface area contributed by atoms with Gasteiger partial charge in [-0.15, -0.1) is 0 Å². The van der Waals surface area contributed by atoms with Gasteiger partial charge in [-0.25, -0.2) is 0 Å². The maximum atomic E-state index is 8.62. The number of rotatable bonds is 10. The molecule has 0 aromatic carbocycles. The maximum absolute atomic E-state index is 8.62. The molecule has 0 aliphatic rings. The van der Waals surface area contributed by atoms with E-state index in [2.05, 4.69) is 38.8 Å². The van der Waals surface area contributed by atoms with Crippen molar-refractivity contribution in [2.75, 3.05) is 6.61 Å². The Hall–Kier alpha value is -0.630. The fraction of sp³-hybridized carbons (Fsp3) is 0.857. The Morgan fingerprint density at radius 3 is 1.70 bits per heavy atom. The van der Waals surface area contributed by atoms with Crippen LogP contribution in [0.25, 0.3) is 0 Å². The second-order valence-electron chi connectivity index (χ2n) is 4.96. The standard InChI is InChI=1S/C14H27NO.C3H8.2C2H6/c1-3-4-12-15-14(2)11-9-7-5-6-8-10-13-16;1-3-2;2*1-2/h4,12,16H,3,5-11,13H2,1-2H3;3H2,1-2H3;2*1-2H3/b12-4-,15-14?;;;. The first-order valence-corrected chi connectivity index (χ1v) is 10.0. The van der Waals surface area contributed by atoms with E-state index in [1.54, 1.807) is 0 Å². The monoisotopic (exact) mass is 329 g/mol. The molecule has 0 radical (unpaired) electrons. The molecule has 0 atom stereocenters. The third-order valence-electron chi connectivity index (χ3n) is 2.58. The normalized spacial score (nSPS) is 10.0. The van der Waals surface area contributed by atoms with E-state index in [0.29, 0.717) is 6.61 Å². The van der Waals surface area contributed by atoms with Crippen LogP contribution in [-0.2, 0) is 0 Å². The molecule has 0 amide bonds. The number of nitrogens with zero attached hydrogens (tertiary/aromatic N) is 1. The molecule has 0 aliphatic carbocycles. The summed E-state index contributed by atoms with van der Waals surface area (Å²) in [6.45, 7) is 16.8. The van der Waals surface area contributed by atoms with Crippen molar-refractivity contribution in [2.45, 2.75) is 113 Å². The third-order valence-corrected chi connectivity index (χ3v) is 2.58. The first-order valence-electron chi connectivity index (χ1n) is 10.0. The summed E-state index contributed by atoms with van der Waals surface area (Å²) in [4.78, 5) is 4.36. The Balaban J connectivity index is -0.000000222. The summed E-state index contributed by atoms with van der Waals surface area (Å²) < 4.78 is 0. The minimum Gasteiger partial charge on any atom is -0.396 e. The Morgan fingerprint density at radius 2 is 1.26 bits per heavy atom. The van der Waals surface area contributed by atoms with E-state index in [1.165, 1.54) is 44.2 Å². The first-order chi connectivity index (χ1) is 11.2. The van der Waals surface area contributed by atoms with Gasteiger partial charge < -0.3 is 5.11 Å². The lowest BCUT2D eigenvalue weighted by molar-refractivity contribution is 0.282. The van der Waals surface area contributed by atoms with Crippen molar-refractivity contribution < 1.29 is 5.11 Å². The molecule has 0 heterocycles. The van der Waals surface area contributed by atoms with E-state index in [9.17, 15) is 0 Å². The first kappa shape index (κ1) is 30.3. The Bertz CT molecular complexity index is 210. The van der Waals surface area contributed by atoms with E-state index < -0.39 is 0 Å². The molecule has 2 nitrogen and oxygen atoms in total. The molecular weight excluding hydrogens is 282 g/mol. The average Bonchev–Trinajstić information content (AvgIpc) is 2.59. The summed E-state index contributed by atoms with van der Waals surface area (Å²) in [7, 11) is 0. The summed E-state index contributed by atoms with van der Waals surface area (Å²) in [6.07, 6.45) is 14.6. The van der Waals surface area contributed by atoms with E-state index in [-0.39, 0.29) is 0 Å². The summed E-state index contributed by atoms with van der Waals surface area (Å²) in [5.41, 5.74) is 1.24. The average molecular weight is 330 g/mol. The van der Waals surface area contributed by atoms with Crippen LogP contribution in [-0.4, -0.2) is 17.4 Å². The minimum atomic E-state index is 0.343. The second kappa shape index (κ2) is 37.5. The van der Waals surface area contributed by atoms with E-state index in [4.69, 9.17) is 5.11 Å². The van der Waals surface area contributed by atoms with Gasteiger partial charge in [0.15, 0.2) is 0 Å². The van der Waals surface area contributed by atoms with Crippen molar-refractivity contribution in [3.05, 3.63) is 12.3 Å². The Morgan fingerprint density at radius 1 is 0.826 bits per heavy atom. The molecule has 0 saturated heterocycles. The van der Waals surface area contributed by atoms with Crippen LogP contribution in [0.1, 0.15) is 113 Å². The van der Waals surface area contributed by atoms with Crippen molar-refractivity contribution in [1.82, 2.24) is 0 Å². The highest BCUT2D eigenvalue weighted by Gasteiger charge is 1.93. The minimum absolute atomic E-state index is 0.343. The lowest BCUT2D eigenvalue weighted by atomic mass is 10.1. The fourth-order valence-corrected chi connectivity index (χ4v) is 1.55. The van der Waals surface area contributed by atoms with E-state index >= 15 is 0 Å². The highest BCUT2D eigenvalue weighted by molar-refractivity contribution is 5.82. The van der Waals surface area contributed by atoms with Gasteiger partial charge in [-0.2, -0.15) is 0 Å². The van der Waals surface area contributed by atoms with E-state index in [1.807, 2.05) is 33.9 Å². The van der Waals surface area contributed by atoms with Crippen LogP contribution in [0, 0.1) is 0 Å². The highest BCUT2D eigenvalue weighted by Crippen LogP contribution is 2.07. The molecule has 0 unspecified atom stereocenters. The summed E-state index contributed by atoms with van der Waals surface area (Å²) in [5, 5.41) is 8.62. The molecule has 0 aromatic rings. The largest absolute Gasteiger partial charge is 0.396 e. The van der Waals surface area contributed by atoms with Gasteiger partial charge in [0.2, 0.25) is 0 Å². The molecule has 0 aromatic heterocycles. The molecule has 0 fully saturated rings. The molecule has 2 heteroatoms. The number of aliphatic hydroxyl groups excluding tert-OH is 1. The van der Waals surface area contributed by atoms with Gasteiger partial charge in [0.1, 0.15) is 0 Å². The van der Waals surface area contributed by atoms with Gasteiger partial charge in [0.25, 0.3) is 0 Å². The summed E-state index contributed by atoms with van der Waals surface area (Å²) in [6, 6.07) is 0. The van der Waals surface area contributed by atoms with E-state index in [0.717, 1.165) is 19.3 Å². The number of allylic oxidation sites excluding steroid dienone is 1. The van der Waals surface area contributed by atoms with Crippen LogP contribution in [0.15, 0.2) is 17.3 Å².